The van der Waals surface area contributed by atoms with Crippen molar-refractivity contribution in [1.29, 1.82) is 0 Å². The molecular formula is C33H38Cl2N8O. The molecule has 1 atom stereocenters. The van der Waals surface area contributed by atoms with Crippen molar-refractivity contribution in [2.75, 3.05) is 36.8 Å². The van der Waals surface area contributed by atoms with E-state index >= 15 is 0 Å². The van der Waals surface area contributed by atoms with Crippen LogP contribution < -0.4 is 10.6 Å². The highest BCUT2D eigenvalue weighted by Gasteiger charge is 2.34. The Balaban J connectivity index is 1.19. The van der Waals surface area contributed by atoms with Gasteiger partial charge in [0.1, 0.15) is 5.82 Å². The first-order valence-corrected chi connectivity index (χ1v) is 16.6. The zero-order valence-corrected chi connectivity index (χ0v) is 26.6. The molecule has 7 rings (SSSR count). The minimum atomic E-state index is 0.0156. The molecule has 9 nitrogen and oxygen atoms in total. The largest absolute Gasteiger partial charge is 0.383 e. The van der Waals surface area contributed by atoms with Gasteiger partial charge >= 0.3 is 0 Å². The molecule has 44 heavy (non-hydrogen) atoms. The molecule has 4 aromatic rings. The van der Waals surface area contributed by atoms with Crippen LogP contribution in [0.1, 0.15) is 79.7 Å². The molecule has 1 aromatic carbocycles. The van der Waals surface area contributed by atoms with Gasteiger partial charge in [-0.25, -0.2) is 15.0 Å². The standard InChI is InChI=1S/C33H38Cl2N8O/c1-2-29(44)26-10-6-23(37-31(26)36)16-20-4-3-13-42(19-20)33-38-28(25-9-5-22(34)17-27(25)35)18-30-39-32(40-43(30)33)21-11-14-41(15-12-21)24-7-8-24/h5-6,9-10,17-18,20-21,24H,2-4,7-8,11-16,19H2,1H3,(H2,36,37). The van der Waals surface area contributed by atoms with Crippen LogP contribution in [0.3, 0.4) is 0 Å². The first-order valence-electron chi connectivity index (χ1n) is 15.9. The summed E-state index contributed by atoms with van der Waals surface area (Å²) in [6.45, 7) is 5.73. The molecule has 1 aliphatic carbocycles. The van der Waals surface area contributed by atoms with E-state index < -0.39 is 0 Å². The average Bonchev–Trinajstić information content (AvgIpc) is 3.79. The summed E-state index contributed by atoms with van der Waals surface area (Å²) < 4.78 is 1.93. The normalized spacial score (nSPS) is 20.0. The Labute approximate surface area is 267 Å². The molecule has 5 heterocycles. The van der Waals surface area contributed by atoms with Gasteiger partial charge in [-0.2, -0.15) is 4.52 Å². The highest BCUT2D eigenvalue weighted by atomic mass is 35.5. The number of nitrogens with zero attached hydrogens (tertiary/aromatic N) is 7. The Kier molecular flexibility index (Phi) is 8.20. The summed E-state index contributed by atoms with van der Waals surface area (Å²) in [5, 5.41) is 6.23. The summed E-state index contributed by atoms with van der Waals surface area (Å²) in [5.74, 6) is 2.70. The van der Waals surface area contributed by atoms with E-state index in [9.17, 15) is 4.79 Å². The van der Waals surface area contributed by atoms with E-state index in [0.717, 1.165) is 98.7 Å². The van der Waals surface area contributed by atoms with E-state index in [4.69, 9.17) is 44.0 Å². The SMILES string of the molecule is CCC(=O)c1ccc(CC2CCCN(c3nc(-c4ccc(Cl)cc4Cl)cc4nc(C5CCN(C6CC6)CC5)nn34)C2)nc1N. The number of pyridine rings is 1. The van der Waals surface area contributed by atoms with Crippen molar-refractivity contribution in [2.45, 2.75) is 70.3 Å². The van der Waals surface area contributed by atoms with Gasteiger partial charge in [0.05, 0.1) is 16.3 Å². The summed E-state index contributed by atoms with van der Waals surface area (Å²) in [7, 11) is 0. The van der Waals surface area contributed by atoms with Crippen LogP contribution in [0.5, 0.6) is 0 Å². The molecule has 11 heteroatoms. The molecule has 0 spiro atoms. The number of carbonyl (C=O) groups is 1. The number of piperidine rings is 2. The summed E-state index contributed by atoms with van der Waals surface area (Å²) in [4.78, 5) is 32.0. The van der Waals surface area contributed by atoms with E-state index in [1.165, 1.54) is 12.8 Å². The van der Waals surface area contributed by atoms with Crippen molar-refractivity contribution in [3.63, 3.8) is 0 Å². The van der Waals surface area contributed by atoms with E-state index in [2.05, 4.69) is 14.8 Å². The molecule has 2 N–H and O–H groups in total. The van der Waals surface area contributed by atoms with Crippen LogP contribution in [-0.2, 0) is 6.42 Å². The van der Waals surface area contributed by atoms with Gasteiger partial charge in [0.15, 0.2) is 17.3 Å². The van der Waals surface area contributed by atoms with Gasteiger partial charge in [0.25, 0.3) is 0 Å². The second-order valence-corrected chi connectivity index (χ2v) is 13.4. The lowest BCUT2D eigenvalue weighted by Crippen LogP contribution is -2.38. The topological polar surface area (TPSA) is 106 Å². The lowest BCUT2D eigenvalue weighted by Gasteiger charge is -2.33. The number of rotatable bonds is 8. The van der Waals surface area contributed by atoms with Crippen molar-refractivity contribution >= 4 is 46.4 Å². The third-order valence-electron chi connectivity index (χ3n) is 9.39. The smallest absolute Gasteiger partial charge is 0.229 e. The molecule has 1 saturated carbocycles. The van der Waals surface area contributed by atoms with E-state index in [1.807, 2.05) is 41.8 Å². The van der Waals surface area contributed by atoms with Crippen LogP contribution in [0.15, 0.2) is 36.4 Å². The van der Waals surface area contributed by atoms with Gasteiger partial charge in [-0.3, -0.25) is 4.79 Å². The zero-order valence-electron chi connectivity index (χ0n) is 25.1. The van der Waals surface area contributed by atoms with Crippen molar-refractivity contribution in [2.24, 2.45) is 5.92 Å². The number of halogens is 2. The molecule has 2 aliphatic heterocycles. The molecule has 1 unspecified atom stereocenters. The highest BCUT2D eigenvalue weighted by Crippen LogP contribution is 2.36. The van der Waals surface area contributed by atoms with E-state index in [0.29, 0.717) is 39.7 Å². The first-order chi connectivity index (χ1) is 21.4. The Hall–Kier alpha value is -3.27. The number of aromatic nitrogens is 5. The Morgan fingerprint density at radius 2 is 1.80 bits per heavy atom. The molecule has 230 valence electrons. The fourth-order valence-electron chi connectivity index (χ4n) is 6.83. The summed E-state index contributed by atoms with van der Waals surface area (Å²) in [6, 6.07) is 12.1. The summed E-state index contributed by atoms with van der Waals surface area (Å²) >= 11 is 12.9. The summed E-state index contributed by atoms with van der Waals surface area (Å²) in [6.07, 6.45) is 8.11. The minimum Gasteiger partial charge on any atom is -0.383 e. The zero-order chi connectivity index (χ0) is 30.4. The van der Waals surface area contributed by atoms with Crippen LogP contribution in [0, 0.1) is 5.92 Å². The number of nitrogens with two attached hydrogens (primary N) is 1. The monoisotopic (exact) mass is 632 g/mol. The van der Waals surface area contributed by atoms with Gasteiger partial charge in [0.2, 0.25) is 5.95 Å². The lowest BCUT2D eigenvalue weighted by molar-refractivity contribution is 0.0988. The van der Waals surface area contributed by atoms with Crippen LogP contribution in [0.2, 0.25) is 10.0 Å². The Morgan fingerprint density at radius 1 is 0.977 bits per heavy atom. The van der Waals surface area contributed by atoms with Gasteiger partial charge in [-0.05, 0) is 94.3 Å². The number of nitrogen functional groups attached to an aromatic ring is 1. The van der Waals surface area contributed by atoms with Crippen LogP contribution in [-0.4, -0.2) is 67.5 Å². The molecule has 3 fully saturated rings. The van der Waals surface area contributed by atoms with Crippen molar-refractivity contribution < 1.29 is 4.79 Å². The maximum Gasteiger partial charge on any atom is 0.229 e. The summed E-state index contributed by atoms with van der Waals surface area (Å²) in [5.41, 5.74) is 9.94. The number of ketones is 1. The Bertz CT molecular complexity index is 1690. The molecule has 0 amide bonds. The van der Waals surface area contributed by atoms with Crippen molar-refractivity contribution in [3.8, 4) is 11.3 Å². The second kappa shape index (κ2) is 12.3. The van der Waals surface area contributed by atoms with Crippen LogP contribution in [0.4, 0.5) is 11.8 Å². The number of benzene rings is 1. The lowest BCUT2D eigenvalue weighted by atomic mass is 9.93. The molecule has 0 radical (unpaired) electrons. The predicted molar refractivity (Wildman–Crippen MR) is 175 cm³/mol. The number of hydrogen-bond acceptors (Lipinski definition) is 8. The van der Waals surface area contributed by atoms with Gasteiger partial charge in [-0.15, -0.1) is 5.10 Å². The number of fused-ring (bicyclic) bond motifs is 1. The maximum atomic E-state index is 12.2. The van der Waals surface area contributed by atoms with E-state index in [-0.39, 0.29) is 5.78 Å². The number of Topliss-reactive ketones (excluding diaryl/α,β-unsaturated/α-hetero) is 1. The van der Waals surface area contributed by atoms with Crippen molar-refractivity contribution in [1.82, 2.24) is 29.5 Å². The Morgan fingerprint density at radius 3 is 2.52 bits per heavy atom. The fourth-order valence-corrected chi connectivity index (χ4v) is 7.34. The minimum absolute atomic E-state index is 0.0156. The second-order valence-electron chi connectivity index (χ2n) is 12.5. The molecule has 2 saturated heterocycles. The van der Waals surface area contributed by atoms with Crippen LogP contribution in [0.25, 0.3) is 16.9 Å². The van der Waals surface area contributed by atoms with Crippen LogP contribution >= 0.6 is 23.2 Å². The number of carbonyl (C=O) groups excluding carboxylic acids is 1. The third-order valence-corrected chi connectivity index (χ3v) is 9.94. The molecule has 3 aromatic heterocycles. The number of anilines is 2. The van der Waals surface area contributed by atoms with E-state index in [1.54, 1.807) is 6.07 Å². The van der Waals surface area contributed by atoms with Crippen molar-refractivity contribution in [3.05, 3.63) is 63.5 Å². The molecular weight excluding hydrogens is 595 g/mol. The molecule has 0 bridgehead atoms. The maximum absolute atomic E-state index is 12.2. The first kappa shape index (κ1) is 29.4. The quantitative estimate of drug-likeness (QED) is 0.220. The fraction of sp³-hybridized carbons (Fsp3) is 0.485. The number of likely N-dealkylation sites (tertiary alicyclic amines) is 1. The average molecular weight is 634 g/mol. The molecule has 3 aliphatic rings. The highest BCUT2D eigenvalue weighted by molar-refractivity contribution is 6.36. The third kappa shape index (κ3) is 6.02. The van der Waals surface area contributed by atoms with Gasteiger partial charge < -0.3 is 15.5 Å². The van der Waals surface area contributed by atoms with Gasteiger partial charge in [0, 0.05) is 53.8 Å². The number of hydrogen-bond donors (Lipinski definition) is 1. The van der Waals surface area contributed by atoms with Gasteiger partial charge in [-0.1, -0.05) is 30.1 Å². The predicted octanol–water partition coefficient (Wildman–Crippen LogP) is 6.47.